The Morgan fingerprint density at radius 3 is 2.76 bits per heavy atom. The number of aryl methyl sites for hydroxylation is 1. The fourth-order valence-corrected chi connectivity index (χ4v) is 3.94. The number of aromatic nitrogens is 1. The van der Waals surface area contributed by atoms with Crippen LogP contribution < -0.4 is 10.0 Å². The van der Waals surface area contributed by atoms with Gasteiger partial charge in [-0.05, 0) is 43.0 Å². The summed E-state index contributed by atoms with van der Waals surface area (Å²) in [5, 5.41) is 5.38. The number of hydrogen-bond donors (Lipinski definition) is 2. The van der Waals surface area contributed by atoms with Gasteiger partial charge in [0.05, 0.1) is 0 Å². The van der Waals surface area contributed by atoms with Gasteiger partial charge in [0, 0.05) is 36.4 Å². The molecular weight excluding hydrogens is 306 g/mol. The molecule has 114 valence electrons. The topological polar surface area (TPSA) is 71.1 Å². The normalized spacial score (nSPS) is 13.2. The molecule has 0 aliphatic carbocycles. The zero-order valence-electron chi connectivity index (χ0n) is 12.0. The predicted octanol–water partition coefficient (Wildman–Crippen LogP) is 2.08. The van der Waals surface area contributed by atoms with Crippen molar-refractivity contribution >= 4 is 21.4 Å². The van der Waals surface area contributed by atoms with Crippen molar-refractivity contribution < 1.29 is 8.42 Å². The van der Waals surface area contributed by atoms with Crippen molar-refractivity contribution in [1.82, 2.24) is 15.0 Å². The van der Waals surface area contributed by atoms with Crippen molar-refractivity contribution in [2.75, 3.05) is 13.1 Å². The monoisotopic (exact) mass is 325 g/mol. The van der Waals surface area contributed by atoms with E-state index < -0.39 is 10.0 Å². The lowest BCUT2D eigenvalue weighted by molar-refractivity contribution is 0.556. The highest BCUT2D eigenvalue weighted by Crippen LogP contribution is 2.22. The number of sulfonamides is 1. The second-order valence-electron chi connectivity index (χ2n) is 4.73. The van der Waals surface area contributed by atoms with Gasteiger partial charge in [0.2, 0.25) is 10.0 Å². The molecule has 2 aromatic rings. The molecule has 2 N–H and O–H groups in total. The van der Waals surface area contributed by atoms with Crippen molar-refractivity contribution in [3.05, 3.63) is 46.4 Å². The minimum Gasteiger partial charge on any atom is -0.308 e. The van der Waals surface area contributed by atoms with Crippen LogP contribution in [0, 0.1) is 6.92 Å². The average Bonchev–Trinajstić information content (AvgIpc) is 2.90. The summed E-state index contributed by atoms with van der Waals surface area (Å²) in [6.45, 7) is 5.06. The van der Waals surface area contributed by atoms with Gasteiger partial charge in [0.15, 0.2) is 0 Å². The Hall–Kier alpha value is -1.28. The van der Waals surface area contributed by atoms with Crippen LogP contribution in [0.4, 0.5) is 0 Å². The van der Waals surface area contributed by atoms with E-state index in [0.717, 1.165) is 0 Å². The van der Waals surface area contributed by atoms with Crippen LogP contribution >= 0.6 is 11.3 Å². The van der Waals surface area contributed by atoms with Crippen molar-refractivity contribution in [2.45, 2.75) is 24.8 Å². The largest absolute Gasteiger partial charge is 0.308 e. The summed E-state index contributed by atoms with van der Waals surface area (Å²) >= 11 is 1.71. The second-order valence-corrected chi connectivity index (χ2v) is 7.44. The van der Waals surface area contributed by atoms with Crippen molar-refractivity contribution in [1.29, 1.82) is 0 Å². The fraction of sp³-hybridized carbons (Fsp3) is 0.357. The molecule has 0 radical (unpaired) electrons. The standard InChI is InChI=1S/C14H19N3O2S2/c1-11-5-9-20-14(11)12(2)16-7-8-17-21(18,19)13-4-3-6-15-10-13/h3-6,9-10,12,16-17H,7-8H2,1-2H3. The molecule has 1 atom stereocenters. The smallest absolute Gasteiger partial charge is 0.242 e. The first kappa shape index (κ1) is 16.1. The van der Waals surface area contributed by atoms with E-state index in [1.807, 2.05) is 0 Å². The Kier molecular flexibility index (Phi) is 5.46. The number of nitrogens with one attached hydrogen (secondary N) is 2. The van der Waals surface area contributed by atoms with E-state index in [1.54, 1.807) is 23.6 Å². The predicted molar refractivity (Wildman–Crippen MR) is 84.9 cm³/mol. The summed E-state index contributed by atoms with van der Waals surface area (Å²) in [4.78, 5) is 5.29. The van der Waals surface area contributed by atoms with E-state index in [9.17, 15) is 8.42 Å². The van der Waals surface area contributed by atoms with Crippen LogP contribution in [-0.4, -0.2) is 26.5 Å². The Balaban J connectivity index is 1.81. The summed E-state index contributed by atoms with van der Waals surface area (Å²) in [7, 11) is -3.47. The number of pyridine rings is 1. The van der Waals surface area contributed by atoms with Crippen LogP contribution in [0.25, 0.3) is 0 Å². The maximum atomic E-state index is 12.0. The molecule has 5 nitrogen and oxygen atoms in total. The maximum Gasteiger partial charge on any atom is 0.242 e. The molecule has 0 aliphatic rings. The Morgan fingerprint density at radius 2 is 2.14 bits per heavy atom. The highest BCUT2D eigenvalue weighted by atomic mass is 32.2. The van der Waals surface area contributed by atoms with E-state index in [0.29, 0.717) is 13.1 Å². The van der Waals surface area contributed by atoms with Gasteiger partial charge in [0.25, 0.3) is 0 Å². The summed E-state index contributed by atoms with van der Waals surface area (Å²) in [6, 6.07) is 5.44. The van der Waals surface area contributed by atoms with Crippen LogP contribution in [0.5, 0.6) is 0 Å². The van der Waals surface area contributed by atoms with E-state index in [2.05, 4.69) is 40.3 Å². The number of thiophene rings is 1. The lowest BCUT2D eigenvalue weighted by Crippen LogP contribution is -2.33. The molecule has 2 heterocycles. The van der Waals surface area contributed by atoms with Crippen LogP contribution in [0.1, 0.15) is 23.4 Å². The third-order valence-corrected chi connectivity index (χ3v) is 5.76. The van der Waals surface area contributed by atoms with Crippen LogP contribution in [-0.2, 0) is 10.0 Å². The summed E-state index contributed by atoms with van der Waals surface area (Å²) < 4.78 is 26.5. The number of rotatable bonds is 7. The Morgan fingerprint density at radius 1 is 1.33 bits per heavy atom. The van der Waals surface area contributed by atoms with Crippen molar-refractivity contribution in [2.24, 2.45) is 0 Å². The van der Waals surface area contributed by atoms with Crippen LogP contribution in [0.2, 0.25) is 0 Å². The fourth-order valence-electron chi connectivity index (χ4n) is 1.98. The average molecular weight is 325 g/mol. The third kappa shape index (κ3) is 4.34. The second kappa shape index (κ2) is 7.13. The van der Waals surface area contributed by atoms with Gasteiger partial charge in [-0.25, -0.2) is 13.1 Å². The first-order valence-corrected chi connectivity index (χ1v) is 9.04. The molecule has 0 saturated heterocycles. The molecule has 21 heavy (non-hydrogen) atoms. The van der Waals surface area contributed by atoms with Crippen molar-refractivity contribution in [3.63, 3.8) is 0 Å². The molecule has 2 rings (SSSR count). The number of nitrogens with zero attached hydrogens (tertiary/aromatic N) is 1. The third-order valence-electron chi connectivity index (χ3n) is 3.11. The first-order chi connectivity index (χ1) is 10.0. The molecule has 2 aromatic heterocycles. The van der Waals surface area contributed by atoms with Gasteiger partial charge in [0.1, 0.15) is 4.90 Å². The van der Waals surface area contributed by atoms with Gasteiger partial charge in [-0.2, -0.15) is 0 Å². The molecule has 0 aromatic carbocycles. The van der Waals surface area contributed by atoms with Crippen molar-refractivity contribution in [3.8, 4) is 0 Å². The molecule has 7 heteroatoms. The van der Waals surface area contributed by atoms with E-state index in [4.69, 9.17) is 0 Å². The Labute approximate surface area is 129 Å². The zero-order chi connectivity index (χ0) is 15.3. The van der Waals surface area contributed by atoms with Gasteiger partial charge in [-0.15, -0.1) is 11.3 Å². The van der Waals surface area contributed by atoms with E-state index >= 15 is 0 Å². The van der Waals surface area contributed by atoms with Gasteiger partial charge >= 0.3 is 0 Å². The molecule has 0 bridgehead atoms. The minimum absolute atomic E-state index is 0.187. The van der Waals surface area contributed by atoms with Gasteiger partial charge in [-0.3, -0.25) is 4.98 Å². The molecule has 1 unspecified atom stereocenters. The van der Waals surface area contributed by atoms with Gasteiger partial charge in [-0.1, -0.05) is 0 Å². The molecule has 0 fully saturated rings. The van der Waals surface area contributed by atoms with Crippen LogP contribution in [0.15, 0.2) is 40.9 Å². The number of hydrogen-bond acceptors (Lipinski definition) is 5. The lowest BCUT2D eigenvalue weighted by atomic mass is 10.2. The molecule has 0 spiro atoms. The van der Waals surface area contributed by atoms with E-state index in [-0.39, 0.29) is 10.9 Å². The Bertz CT molecular complexity index is 669. The highest BCUT2D eigenvalue weighted by Gasteiger charge is 2.13. The summed E-state index contributed by atoms with van der Waals surface area (Å²) in [6.07, 6.45) is 2.89. The lowest BCUT2D eigenvalue weighted by Gasteiger charge is -2.14. The maximum absolute atomic E-state index is 12.0. The van der Waals surface area contributed by atoms with Gasteiger partial charge < -0.3 is 5.32 Å². The minimum atomic E-state index is -3.47. The first-order valence-electron chi connectivity index (χ1n) is 6.68. The quantitative estimate of drug-likeness (QED) is 0.765. The molecule has 0 saturated carbocycles. The van der Waals surface area contributed by atoms with Crippen LogP contribution in [0.3, 0.4) is 0 Å². The molecular formula is C14H19N3O2S2. The molecule has 0 amide bonds. The molecule has 0 aliphatic heterocycles. The summed E-state index contributed by atoms with van der Waals surface area (Å²) in [5.74, 6) is 0. The SMILES string of the molecule is Cc1ccsc1C(C)NCCNS(=O)(=O)c1cccnc1. The van der Waals surface area contributed by atoms with E-state index in [1.165, 1.54) is 22.7 Å². The summed E-state index contributed by atoms with van der Waals surface area (Å²) in [5.41, 5.74) is 1.26. The zero-order valence-corrected chi connectivity index (χ0v) is 13.7. The highest BCUT2D eigenvalue weighted by molar-refractivity contribution is 7.89.